The fourth-order valence-corrected chi connectivity index (χ4v) is 1.83. The molecular formula is C14H13ClN6O2. The molecule has 0 unspecified atom stereocenters. The molecule has 0 fully saturated rings. The van der Waals surface area contributed by atoms with E-state index in [9.17, 15) is 0 Å². The van der Waals surface area contributed by atoms with Crippen molar-refractivity contribution < 1.29 is 9.47 Å². The van der Waals surface area contributed by atoms with Gasteiger partial charge in [-0.2, -0.15) is 5.10 Å². The van der Waals surface area contributed by atoms with Crippen molar-refractivity contribution in [1.29, 1.82) is 0 Å². The second-order valence-electron chi connectivity index (χ2n) is 4.34. The molecule has 23 heavy (non-hydrogen) atoms. The Balaban J connectivity index is 1.58. The van der Waals surface area contributed by atoms with Crippen LogP contribution >= 0.6 is 11.6 Å². The van der Waals surface area contributed by atoms with Gasteiger partial charge in [0.1, 0.15) is 19.5 Å². The Labute approximate surface area is 136 Å². The number of aromatic nitrogens is 6. The van der Waals surface area contributed by atoms with Crippen LogP contribution in [0.1, 0.15) is 5.82 Å². The first-order chi connectivity index (χ1) is 11.3. The van der Waals surface area contributed by atoms with E-state index in [2.05, 4.69) is 25.1 Å². The Bertz CT molecular complexity index is 740. The summed E-state index contributed by atoms with van der Waals surface area (Å²) in [5.41, 5.74) is 0. The molecule has 3 rings (SSSR count). The Kier molecular flexibility index (Phi) is 4.85. The minimum atomic E-state index is 0.305. The van der Waals surface area contributed by atoms with Gasteiger partial charge in [0.15, 0.2) is 5.76 Å². The third kappa shape index (κ3) is 4.30. The number of aromatic amines is 1. The summed E-state index contributed by atoms with van der Waals surface area (Å²) in [6.07, 6.45) is 9.83. The molecule has 0 saturated carbocycles. The number of halogens is 1. The van der Waals surface area contributed by atoms with E-state index in [0.29, 0.717) is 35.7 Å². The van der Waals surface area contributed by atoms with Crippen LogP contribution in [0.25, 0.3) is 12.0 Å². The monoisotopic (exact) mass is 332 g/mol. The Morgan fingerprint density at radius 2 is 2.26 bits per heavy atom. The van der Waals surface area contributed by atoms with Crippen LogP contribution in [0.5, 0.6) is 5.88 Å². The molecule has 0 aliphatic carbocycles. The van der Waals surface area contributed by atoms with Gasteiger partial charge in [0.25, 0.3) is 0 Å². The van der Waals surface area contributed by atoms with Gasteiger partial charge >= 0.3 is 0 Å². The first kappa shape index (κ1) is 15.0. The van der Waals surface area contributed by atoms with Crippen molar-refractivity contribution in [3.63, 3.8) is 0 Å². The van der Waals surface area contributed by atoms with Crippen LogP contribution in [-0.2, 0) is 4.74 Å². The summed E-state index contributed by atoms with van der Waals surface area (Å²) in [6, 6.07) is 3.41. The normalized spacial score (nSPS) is 11.4. The molecule has 0 bridgehead atoms. The van der Waals surface area contributed by atoms with Gasteiger partial charge in [-0.1, -0.05) is 11.6 Å². The Hall–Kier alpha value is -2.87. The number of pyridine rings is 1. The molecular weight excluding hydrogens is 320 g/mol. The summed E-state index contributed by atoms with van der Waals surface area (Å²) in [6.45, 7) is 0.625. The van der Waals surface area contributed by atoms with Gasteiger partial charge in [-0.05, 0) is 6.07 Å². The number of nitrogens with one attached hydrogen (secondary N) is 1. The lowest BCUT2D eigenvalue weighted by atomic mass is 10.5. The predicted molar refractivity (Wildman–Crippen MR) is 83.5 cm³/mol. The zero-order chi connectivity index (χ0) is 15.9. The number of hydrogen-bond donors (Lipinski definition) is 1. The maximum absolute atomic E-state index is 5.76. The highest BCUT2D eigenvalue weighted by Crippen LogP contribution is 2.13. The van der Waals surface area contributed by atoms with Gasteiger partial charge < -0.3 is 14.0 Å². The lowest BCUT2D eigenvalue weighted by molar-refractivity contribution is 0.190. The molecule has 0 aliphatic rings. The molecule has 3 aromatic rings. The third-order valence-corrected chi connectivity index (χ3v) is 2.94. The average molecular weight is 333 g/mol. The van der Waals surface area contributed by atoms with E-state index in [-0.39, 0.29) is 0 Å². The maximum atomic E-state index is 5.76. The Morgan fingerprint density at radius 3 is 2.96 bits per heavy atom. The van der Waals surface area contributed by atoms with Crippen molar-refractivity contribution >= 4 is 23.6 Å². The second-order valence-corrected chi connectivity index (χ2v) is 4.77. The molecule has 0 aliphatic heterocycles. The molecule has 8 nitrogen and oxygen atoms in total. The summed E-state index contributed by atoms with van der Waals surface area (Å²) >= 11 is 5.76. The van der Waals surface area contributed by atoms with Gasteiger partial charge in [0.05, 0.1) is 17.5 Å². The zero-order valence-corrected chi connectivity index (χ0v) is 12.7. The van der Waals surface area contributed by atoms with E-state index in [1.165, 1.54) is 12.5 Å². The first-order valence-electron chi connectivity index (χ1n) is 6.74. The van der Waals surface area contributed by atoms with E-state index in [4.69, 9.17) is 21.1 Å². The van der Waals surface area contributed by atoms with Gasteiger partial charge in [-0.25, -0.2) is 15.0 Å². The molecule has 0 spiro atoms. The number of rotatable bonds is 7. The highest BCUT2D eigenvalue weighted by Gasteiger charge is 2.08. The van der Waals surface area contributed by atoms with Crippen LogP contribution in [0.2, 0.25) is 5.02 Å². The molecule has 9 heteroatoms. The first-order valence-corrected chi connectivity index (χ1v) is 7.11. The molecule has 0 atom stereocenters. The van der Waals surface area contributed by atoms with E-state index in [0.717, 1.165) is 0 Å². The lowest BCUT2D eigenvalue weighted by Crippen LogP contribution is -2.08. The summed E-state index contributed by atoms with van der Waals surface area (Å²) < 4.78 is 12.9. The number of ether oxygens (including phenoxy) is 2. The van der Waals surface area contributed by atoms with Crippen molar-refractivity contribution in [3.05, 3.63) is 54.2 Å². The van der Waals surface area contributed by atoms with Crippen LogP contribution in [-0.4, -0.2) is 42.9 Å². The van der Waals surface area contributed by atoms with Gasteiger partial charge in [-0.15, -0.1) is 0 Å². The fraction of sp³-hybridized carbons (Fsp3) is 0.143. The van der Waals surface area contributed by atoms with Crippen LogP contribution in [0.15, 0.2) is 43.4 Å². The number of nitrogens with zero attached hydrogens (tertiary/aromatic N) is 5. The van der Waals surface area contributed by atoms with Crippen LogP contribution in [0.4, 0.5) is 0 Å². The smallest absolute Gasteiger partial charge is 0.217 e. The van der Waals surface area contributed by atoms with Crippen molar-refractivity contribution in [2.24, 2.45) is 0 Å². The van der Waals surface area contributed by atoms with E-state index >= 15 is 0 Å². The molecule has 3 aromatic heterocycles. The van der Waals surface area contributed by atoms with Crippen LogP contribution in [0, 0.1) is 0 Å². The second kappa shape index (κ2) is 7.41. The predicted octanol–water partition coefficient (Wildman–Crippen LogP) is 2.10. The SMILES string of the molecule is Clc1ccc(OCCOC(=Cn2ccnc2)c2nc[nH]n2)nc1. The minimum Gasteiger partial charge on any atom is -0.484 e. The topological polar surface area (TPSA) is 90.7 Å². The molecule has 0 aromatic carbocycles. The van der Waals surface area contributed by atoms with Crippen molar-refractivity contribution in [1.82, 2.24) is 29.7 Å². The maximum Gasteiger partial charge on any atom is 0.217 e. The largest absolute Gasteiger partial charge is 0.484 e. The number of imidazole rings is 1. The van der Waals surface area contributed by atoms with Gasteiger partial charge in [0.2, 0.25) is 11.7 Å². The Morgan fingerprint density at radius 1 is 1.30 bits per heavy atom. The number of H-pyrrole nitrogens is 1. The summed E-state index contributed by atoms with van der Waals surface area (Å²) in [7, 11) is 0. The molecule has 3 heterocycles. The van der Waals surface area contributed by atoms with E-state index < -0.39 is 0 Å². The third-order valence-electron chi connectivity index (χ3n) is 2.72. The summed E-state index contributed by atoms with van der Waals surface area (Å²) in [4.78, 5) is 12.1. The van der Waals surface area contributed by atoms with Crippen molar-refractivity contribution in [2.75, 3.05) is 13.2 Å². The lowest BCUT2D eigenvalue weighted by Gasteiger charge is -2.09. The molecule has 0 radical (unpaired) electrons. The fourth-order valence-electron chi connectivity index (χ4n) is 1.71. The minimum absolute atomic E-state index is 0.305. The van der Waals surface area contributed by atoms with Gasteiger partial charge in [-0.3, -0.25) is 5.10 Å². The zero-order valence-electron chi connectivity index (χ0n) is 12.0. The summed E-state index contributed by atoms with van der Waals surface area (Å²) in [5.74, 6) is 1.43. The van der Waals surface area contributed by atoms with Crippen LogP contribution < -0.4 is 4.74 Å². The number of hydrogen-bond acceptors (Lipinski definition) is 6. The quantitative estimate of drug-likeness (QED) is 0.526. The van der Waals surface area contributed by atoms with Crippen molar-refractivity contribution in [2.45, 2.75) is 0 Å². The molecule has 118 valence electrons. The van der Waals surface area contributed by atoms with Gasteiger partial charge in [0, 0.05) is 24.7 Å². The van der Waals surface area contributed by atoms with Crippen molar-refractivity contribution in [3.8, 4) is 5.88 Å². The standard InChI is InChI=1S/C14H13ClN6O2/c15-11-1-2-13(17-7-11)23-6-5-22-12(14-18-9-19-20-14)8-21-4-3-16-10-21/h1-4,7-10H,5-6H2,(H,18,19,20). The highest BCUT2D eigenvalue weighted by molar-refractivity contribution is 6.30. The van der Waals surface area contributed by atoms with E-state index in [1.807, 2.05) is 0 Å². The van der Waals surface area contributed by atoms with E-state index in [1.54, 1.807) is 41.6 Å². The molecule has 1 N–H and O–H groups in total. The average Bonchev–Trinajstić information content (AvgIpc) is 3.25. The summed E-state index contributed by atoms with van der Waals surface area (Å²) in [5, 5.41) is 7.22. The highest BCUT2D eigenvalue weighted by atomic mass is 35.5. The molecule has 0 saturated heterocycles. The van der Waals surface area contributed by atoms with Crippen LogP contribution in [0.3, 0.4) is 0 Å². The molecule has 0 amide bonds.